The van der Waals surface area contributed by atoms with Crippen LogP contribution in [-0.4, -0.2) is 39.2 Å². The number of nitrogens with zero attached hydrogens (tertiary/aromatic N) is 4. The van der Waals surface area contributed by atoms with Crippen molar-refractivity contribution >= 4 is 5.91 Å². The molecule has 0 radical (unpaired) electrons. The fraction of sp³-hybridized carbons (Fsp3) is 0.429. The highest BCUT2D eigenvalue weighted by molar-refractivity contribution is 5.93. The molecule has 1 aliphatic heterocycles. The van der Waals surface area contributed by atoms with Crippen LogP contribution in [0.25, 0.3) is 11.3 Å². The van der Waals surface area contributed by atoms with Crippen molar-refractivity contribution in [1.29, 1.82) is 0 Å². The molecule has 3 heterocycles. The second kappa shape index (κ2) is 7.96. The van der Waals surface area contributed by atoms with Crippen molar-refractivity contribution in [2.45, 2.75) is 39.0 Å². The second-order valence-electron chi connectivity index (χ2n) is 7.68. The van der Waals surface area contributed by atoms with E-state index in [-0.39, 0.29) is 11.8 Å². The normalized spacial score (nSPS) is 17.2. The van der Waals surface area contributed by atoms with Crippen molar-refractivity contribution in [3.63, 3.8) is 0 Å². The van der Waals surface area contributed by atoms with Crippen LogP contribution in [0.4, 0.5) is 0 Å². The van der Waals surface area contributed by atoms with Gasteiger partial charge in [0.05, 0.1) is 5.92 Å². The molecule has 1 saturated heterocycles. The first-order valence-electron chi connectivity index (χ1n) is 9.74. The van der Waals surface area contributed by atoms with Crippen LogP contribution >= 0.6 is 0 Å². The van der Waals surface area contributed by atoms with Gasteiger partial charge in [-0.25, -0.2) is 0 Å². The lowest BCUT2D eigenvalue weighted by atomic mass is 9.97. The minimum absolute atomic E-state index is 0.0617. The van der Waals surface area contributed by atoms with Crippen LogP contribution in [0.5, 0.6) is 0 Å². The lowest BCUT2D eigenvalue weighted by molar-refractivity contribution is 0.0685. The molecule has 0 saturated carbocycles. The Hall–Kier alpha value is -2.96. The van der Waals surface area contributed by atoms with Crippen molar-refractivity contribution < 1.29 is 13.8 Å². The lowest BCUT2D eigenvalue weighted by Gasteiger charge is -2.30. The molecule has 2 aromatic heterocycles. The minimum atomic E-state index is -0.127. The molecule has 0 N–H and O–H groups in total. The van der Waals surface area contributed by atoms with Crippen molar-refractivity contribution in [2.75, 3.05) is 13.1 Å². The number of carbonyl (C=O) groups excluding carboxylic acids is 1. The van der Waals surface area contributed by atoms with Crippen molar-refractivity contribution in [3.05, 3.63) is 53.8 Å². The van der Waals surface area contributed by atoms with Crippen LogP contribution < -0.4 is 0 Å². The highest BCUT2D eigenvalue weighted by atomic mass is 16.5. The number of amides is 1. The molecule has 1 atom stereocenters. The van der Waals surface area contributed by atoms with Crippen LogP contribution in [0.1, 0.15) is 54.8 Å². The third-order valence-corrected chi connectivity index (χ3v) is 4.92. The molecule has 1 aliphatic rings. The van der Waals surface area contributed by atoms with Gasteiger partial charge in [-0.05, 0) is 18.8 Å². The Bertz CT molecular complexity index is 932. The molecular formula is C21H24N4O3. The predicted molar refractivity (Wildman–Crippen MR) is 103 cm³/mol. The van der Waals surface area contributed by atoms with E-state index in [0.29, 0.717) is 36.4 Å². The zero-order chi connectivity index (χ0) is 19.5. The highest BCUT2D eigenvalue weighted by Crippen LogP contribution is 2.28. The first-order valence-corrected chi connectivity index (χ1v) is 9.74. The van der Waals surface area contributed by atoms with E-state index in [0.717, 1.165) is 30.7 Å². The topological polar surface area (TPSA) is 85.3 Å². The van der Waals surface area contributed by atoms with Gasteiger partial charge in [0, 0.05) is 31.1 Å². The standard InChI is InChI=1S/C21H24N4O3/c1-14(2)11-19-22-20(28-24-19)16-9-6-10-25(13-16)21(26)17-12-18(27-23-17)15-7-4-3-5-8-15/h3-5,7-8,12,14,16H,6,9-11,13H2,1-2H3/t16-/m0/s1. The van der Waals surface area contributed by atoms with Gasteiger partial charge in [0.15, 0.2) is 17.3 Å². The minimum Gasteiger partial charge on any atom is -0.355 e. The predicted octanol–water partition coefficient (Wildman–Crippen LogP) is 3.94. The Labute approximate surface area is 163 Å². The number of hydrogen-bond donors (Lipinski definition) is 0. The number of hydrogen-bond acceptors (Lipinski definition) is 6. The third-order valence-electron chi connectivity index (χ3n) is 4.92. The third kappa shape index (κ3) is 3.98. The van der Waals surface area contributed by atoms with Crippen molar-refractivity contribution in [3.8, 4) is 11.3 Å². The van der Waals surface area contributed by atoms with Crippen LogP contribution in [0.2, 0.25) is 0 Å². The van der Waals surface area contributed by atoms with E-state index in [4.69, 9.17) is 9.05 Å². The largest absolute Gasteiger partial charge is 0.355 e. The van der Waals surface area contributed by atoms with Crippen LogP contribution in [0.15, 0.2) is 45.4 Å². The molecule has 1 fully saturated rings. The highest BCUT2D eigenvalue weighted by Gasteiger charge is 2.30. The van der Waals surface area contributed by atoms with Gasteiger partial charge in [-0.2, -0.15) is 4.98 Å². The smallest absolute Gasteiger partial charge is 0.276 e. The molecule has 0 aliphatic carbocycles. The molecule has 28 heavy (non-hydrogen) atoms. The van der Waals surface area contributed by atoms with Gasteiger partial charge in [-0.15, -0.1) is 0 Å². The molecule has 1 amide bonds. The maximum absolute atomic E-state index is 12.9. The summed E-state index contributed by atoms with van der Waals surface area (Å²) < 4.78 is 10.8. The Morgan fingerprint density at radius 2 is 2.04 bits per heavy atom. The number of aromatic nitrogens is 3. The number of likely N-dealkylation sites (tertiary alicyclic amines) is 1. The molecule has 0 unspecified atom stereocenters. The number of rotatable bonds is 5. The average Bonchev–Trinajstić information content (AvgIpc) is 3.38. The van der Waals surface area contributed by atoms with Crippen molar-refractivity contribution in [2.24, 2.45) is 5.92 Å². The van der Waals surface area contributed by atoms with Crippen LogP contribution in [-0.2, 0) is 6.42 Å². The van der Waals surface area contributed by atoms with Gasteiger partial charge < -0.3 is 13.9 Å². The number of carbonyl (C=O) groups is 1. The fourth-order valence-corrected chi connectivity index (χ4v) is 3.52. The number of piperidine rings is 1. The van der Waals surface area contributed by atoms with Gasteiger partial charge >= 0.3 is 0 Å². The summed E-state index contributed by atoms with van der Waals surface area (Å²) in [7, 11) is 0. The first kappa shape index (κ1) is 18.4. The van der Waals surface area contributed by atoms with Crippen LogP contribution in [0.3, 0.4) is 0 Å². The lowest BCUT2D eigenvalue weighted by Crippen LogP contribution is -2.39. The Morgan fingerprint density at radius 3 is 2.82 bits per heavy atom. The molecular weight excluding hydrogens is 356 g/mol. The molecule has 3 aromatic rings. The zero-order valence-electron chi connectivity index (χ0n) is 16.2. The molecule has 7 heteroatoms. The van der Waals surface area contributed by atoms with E-state index >= 15 is 0 Å². The summed E-state index contributed by atoms with van der Waals surface area (Å²) >= 11 is 0. The van der Waals surface area contributed by atoms with E-state index in [1.807, 2.05) is 30.3 Å². The average molecular weight is 380 g/mol. The first-order chi connectivity index (χ1) is 13.6. The van der Waals surface area contributed by atoms with Gasteiger partial charge in [0.1, 0.15) is 0 Å². The van der Waals surface area contributed by atoms with E-state index in [2.05, 4.69) is 29.1 Å². The zero-order valence-corrected chi connectivity index (χ0v) is 16.2. The van der Waals surface area contributed by atoms with Gasteiger partial charge in [-0.3, -0.25) is 4.79 Å². The quantitative estimate of drug-likeness (QED) is 0.666. The number of benzene rings is 1. The van der Waals surface area contributed by atoms with E-state index in [1.165, 1.54) is 0 Å². The molecule has 0 spiro atoms. The SMILES string of the molecule is CC(C)Cc1noc([C@H]2CCCN(C(=O)c3cc(-c4ccccc4)on3)C2)n1. The second-order valence-corrected chi connectivity index (χ2v) is 7.68. The summed E-state index contributed by atoms with van der Waals surface area (Å²) in [4.78, 5) is 19.2. The Morgan fingerprint density at radius 1 is 1.21 bits per heavy atom. The monoisotopic (exact) mass is 380 g/mol. The molecule has 1 aromatic carbocycles. The fourth-order valence-electron chi connectivity index (χ4n) is 3.52. The Balaban J connectivity index is 1.45. The molecule has 146 valence electrons. The molecule has 4 rings (SSSR count). The van der Waals surface area contributed by atoms with E-state index in [1.54, 1.807) is 11.0 Å². The van der Waals surface area contributed by atoms with Gasteiger partial charge in [-0.1, -0.05) is 54.5 Å². The molecule has 0 bridgehead atoms. The van der Waals surface area contributed by atoms with Gasteiger partial charge in [0.2, 0.25) is 5.89 Å². The summed E-state index contributed by atoms with van der Waals surface area (Å²) in [5.41, 5.74) is 1.22. The van der Waals surface area contributed by atoms with Crippen molar-refractivity contribution in [1.82, 2.24) is 20.2 Å². The summed E-state index contributed by atoms with van der Waals surface area (Å²) in [6.45, 7) is 5.49. The molecule has 7 nitrogen and oxygen atoms in total. The Kier molecular flexibility index (Phi) is 5.23. The maximum atomic E-state index is 12.9. The summed E-state index contributed by atoms with van der Waals surface area (Å²) in [5, 5.41) is 8.06. The van der Waals surface area contributed by atoms with Crippen LogP contribution in [0, 0.1) is 5.92 Å². The maximum Gasteiger partial charge on any atom is 0.276 e. The van der Waals surface area contributed by atoms with Gasteiger partial charge in [0.25, 0.3) is 5.91 Å². The summed E-state index contributed by atoms with van der Waals surface area (Å²) in [6, 6.07) is 11.3. The van der Waals surface area contributed by atoms with E-state index < -0.39 is 0 Å². The van der Waals surface area contributed by atoms with E-state index in [9.17, 15) is 4.79 Å². The summed E-state index contributed by atoms with van der Waals surface area (Å²) in [5.74, 6) is 2.36. The summed E-state index contributed by atoms with van der Waals surface area (Å²) in [6.07, 6.45) is 2.61.